The van der Waals surface area contributed by atoms with Crippen LogP contribution < -0.4 is 41.3 Å². The monoisotopic (exact) mass is 1190 g/mol. The van der Waals surface area contributed by atoms with Crippen molar-refractivity contribution in [3.05, 3.63) is 173 Å². The average Bonchev–Trinajstić information content (AvgIpc) is 3.28. The van der Waals surface area contributed by atoms with Gasteiger partial charge in [0.05, 0.1) is 0 Å². The van der Waals surface area contributed by atoms with Crippen LogP contribution in [0.4, 0.5) is 0 Å². The predicted molar refractivity (Wildman–Crippen MR) is 260 cm³/mol. The molecular weight excluding hydrogens is 1150 g/mol. The number of alkyl halides is 2. The number of benzene rings is 6. The molecule has 0 fully saturated rings. The number of halogens is 8. The number of hydrogen-bond acceptors (Lipinski definition) is 10. The maximum Gasteiger partial charge on any atom is 0.0408 e. The van der Waals surface area contributed by atoms with Gasteiger partial charge < -0.3 is 52.2 Å². The van der Waals surface area contributed by atoms with Crippen LogP contribution in [-0.2, 0) is 87.3 Å². The molecule has 22 heteroatoms. The van der Waals surface area contributed by atoms with Crippen LogP contribution in [0.15, 0.2) is 109 Å². The van der Waals surface area contributed by atoms with Gasteiger partial charge in [-0.25, -0.2) is 0 Å². The van der Waals surface area contributed by atoms with Crippen LogP contribution in [-0.4, -0.2) is 47.7 Å². The number of nitrogens with zero attached hydrogens (tertiary/aromatic N) is 2. The van der Waals surface area contributed by atoms with Crippen LogP contribution in [0, 0.1) is 0 Å². The minimum absolute atomic E-state index is 0. The molecule has 0 saturated carbocycles. The molecule has 0 aliphatic rings. The quantitative estimate of drug-likeness (QED) is 0.0580. The fourth-order valence-corrected chi connectivity index (χ4v) is 7.54. The molecule has 2 radical (unpaired) electrons. The van der Waals surface area contributed by atoms with Crippen LogP contribution in [0.2, 0.25) is 30.1 Å². The smallest absolute Gasteiger partial charge is 0.0408 e. The SMILES string of the molecule is ClCCCl.[O-2].[O-2].[O-]c1ccc(Cl)cc1CNCCN(Cc1cc(Cl)ccc1[O-])Cc1cc(Cl)ccc1[O-].[O-]c1ccc(Cl)cc1CNCCN(Cc1cc(Cl)ccc1[O-])Cc1cc(Cl)ccc1[O-].[V].[V]. The maximum absolute atomic E-state index is 12.2. The van der Waals surface area contributed by atoms with E-state index < -0.39 is 0 Å². The van der Waals surface area contributed by atoms with Crippen molar-refractivity contribution in [1.82, 2.24) is 20.4 Å². The van der Waals surface area contributed by atoms with Crippen molar-refractivity contribution < 1.29 is 78.7 Å². The molecule has 70 heavy (non-hydrogen) atoms. The van der Waals surface area contributed by atoms with Gasteiger partial charge in [0.2, 0.25) is 0 Å². The van der Waals surface area contributed by atoms with E-state index in [0.29, 0.717) is 141 Å². The molecule has 0 unspecified atom stereocenters. The van der Waals surface area contributed by atoms with Crippen molar-refractivity contribution in [3.8, 4) is 34.5 Å². The van der Waals surface area contributed by atoms with Crippen molar-refractivity contribution in [1.29, 1.82) is 0 Å². The summed E-state index contributed by atoms with van der Waals surface area (Å²) in [6.07, 6.45) is 0. The van der Waals surface area contributed by atoms with Gasteiger partial charge in [-0.05, 0) is 106 Å². The van der Waals surface area contributed by atoms with Gasteiger partial charge in [-0.2, -0.15) is 0 Å². The number of rotatable bonds is 19. The summed E-state index contributed by atoms with van der Waals surface area (Å²) in [6, 6.07) is 27.8. The molecule has 0 saturated heterocycles. The zero-order valence-electron chi connectivity index (χ0n) is 37.0. The minimum atomic E-state index is -0.120. The van der Waals surface area contributed by atoms with Crippen molar-refractivity contribution in [2.24, 2.45) is 0 Å². The van der Waals surface area contributed by atoms with E-state index in [2.05, 4.69) is 10.6 Å². The fraction of sp³-hybridized carbons (Fsp3) is 0.250. The summed E-state index contributed by atoms with van der Waals surface area (Å²) in [5, 5.41) is 82.1. The summed E-state index contributed by atoms with van der Waals surface area (Å²) in [4.78, 5) is 3.92. The van der Waals surface area contributed by atoms with E-state index in [4.69, 9.17) is 92.8 Å². The molecule has 0 bridgehead atoms. The van der Waals surface area contributed by atoms with Crippen molar-refractivity contribution >= 4 is 92.8 Å². The zero-order chi connectivity index (χ0) is 48.2. The van der Waals surface area contributed by atoms with E-state index in [1.54, 1.807) is 72.8 Å². The van der Waals surface area contributed by atoms with E-state index in [1.807, 2.05) is 9.80 Å². The Balaban J connectivity index is 0.00000120. The summed E-state index contributed by atoms with van der Waals surface area (Å²) in [6.45, 7) is 4.08. The molecule has 380 valence electrons. The van der Waals surface area contributed by atoms with Crippen LogP contribution >= 0.6 is 92.8 Å². The minimum Gasteiger partial charge on any atom is -2.00 e. The van der Waals surface area contributed by atoms with Gasteiger partial charge in [0, 0.05) is 144 Å². The molecule has 2 N–H and O–H groups in total. The van der Waals surface area contributed by atoms with E-state index in [-0.39, 0.29) is 82.6 Å². The normalized spacial score (nSPS) is 10.4. The summed E-state index contributed by atoms with van der Waals surface area (Å²) in [5.41, 5.74) is 3.31. The first-order valence-corrected chi connectivity index (χ1v) is 23.6. The maximum atomic E-state index is 12.2. The molecule has 0 heterocycles. The zero-order valence-corrected chi connectivity index (χ0v) is 45.8. The molecule has 0 aliphatic carbocycles. The Kier molecular flexibility index (Phi) is 34.2. The molecule has 6 rings (SSSR count). The summed E-state index contributed by atoms with van der Waals surface area (Å²) < 4.78 is 0. The molecule has 0 aromatic heterocycles. The van der Waals surface area contributed by atoms with Crippen LogP contribution in [0.3, 0.4) is 0 Å². The van der Waals surface area contributed by atoms with Gasteiger partial charge >= 0.3 is 0 Å². The number of nitrogens with one attached hydrogen (secondary N) is 2. The first kappa shape index (κ1) is 67.4. The average molecular weight is 1190 g/mol. The van der Waals surface area contributed by atoms with Crippen LogP contribution in [0.5, 0.6) is 34.5 Å². The van der Waals surface area contributed by atoms with Gasteiger partial charge in [0.1, 0.15) is 0 Å². The molecule has 0 aliphatic heterocycles. The molecular formula is C48H44Cl8N4O8V2-10. The van der Waals surface area contributed by atoms with Crippen molar-refractivity contribution in [2.45, 2.75) is 39.3 Å². The molecule has 12 nitrogen and oxygen atoms in total. The first-order valence-electron chi connectivity index (χ1n) is 20.3. The van der Waals surface area contributed by atoms with E-state index in [9.17, 15) is 30.6 Å². The van der Waals surface area contributed by atoms with Gasteiger partial charge in [-0.3, -0.25) is 9.80 Å². The summed E-state index contributed by atoms with van der Waals surface area (Å²) >= 11 is 46.2. The Morgan fingerprint density at radius 2 is 0.543 bits per heavy atom. The number of hydrogen-bond donors (Lipinski definition) is 2. The molecule has 6 aromatic rings. The van der Waals surface area contributed by atoms with Gasteiger partial charge in [-0.15, -0.1) is 57.7 Å². The Labute approximate surface area is 472 Å². The van der Waals surface area contributed by atoms with Crippen LogP contribution in [0.1, 0.15) is 33.4 Å². The third kappa shape index (κ3) is 23.9. The van der Waals surface area contributed by atoms with Gasteiger partial charge in [0.25, 0.3) is 0 Å². The largest absolute Gasteiger partial charge is 2.00 e. The third-order valence-corrected chi connectivity index (χ3v) is 11.6. The van der Waals surface area contributed by atoms with E-state index >= 15 is 0 Å². The Morgan fingerprint density at radius 1 is 0.343 bits per heavy atom. The van der Waals surface area contributed by atoms with Gasteiger partial charge in [0.15, 0.2) is 0 Å². The molecule has 6 aromatic carbocycles. The fourth-order valence-electron chi connectivity index (χ4n) is 6.37. The first-order chi connectivity index (χ1) is 31.5. The second-order valence-electron chi connectivity index (χ2n) is 14.7. The van der Waals surface area contributed by atoms with Crippen molar-refractivity contribution in [3.63, 3.8) is 0 Å². The van der Waals surface area contributed by atoms with Crippen LogP contribution in [0.25, 0.3) is 0 Å². The Hall–Kier alpha value is -2.63. The Bertz CT molecular complexity index is 2210. The predicted octanol–water partition coefficient (Wildman–Crippen LogP) is 8.54. The van der Waals surface area contributed by atoms with E-state index in [1.165, 1.54) is 36.4 Å². The van der Waals surface area contributed by atoms with E-state index in [0.717, 1.165) is 0 Å². The van der Waals surface area contributed by atoms with Gasteiger partial charge in [-0.1, -0.05) is 106 Å². The molecule has 0 atom stereocenters. The summed E-state index contributed by atoms with van der Waals surface area (Å²) in [5.74, 6) is 0.466. The second-order valence-corrected chi connectivity index (χ2v) is 18.0. The summed E-state index contributed by atoms with van der Waals surface area (Å²) in [7, 11) is 0. The standard InChI is InChI=1S/2C23H23Cl3N2O3.C2H4Cl2.2O.2V/c2*24-18-1-4-21(29)15(9-18)12-27-7-8-28(13-16-10-19(25)2-5-22(16)30)14-17-11-20(26)3-6-23(17)31;3-1-2-4;;;;/h2*1-6,9-11,27,29-31H,7-8,12-14H2;1-2H2;;;;/q;;;2*-2;;/p-6. The second kappa shape index (κ2) is 35.5. The molecule has 0 spiro atoms. The third-order valence-electron chi connectivity index (χ3n) is 9.62. The Morgan fingerprint density at radius 3 is 0.757 bits per heavy atom. The topological polar surface area (TPSA) is 226 Å². The molecule has 0 amide bonds. The van der Waals surface area contributed by atoms with Crippen molar-refractivity contribution in [2.75, 3.05) is 37.9 Å².